The van der Waals surface area contributed by atoms with Crippen molar-refractivity contribution in [3.8, 4) is 0 Å². The van der Waals surface area contributed by atoms with Gasteiger partial charge in [-0.25, -0.2) is 9.53 Å². The number of nitrogens with one attached hydrogen (secondary N) is 1. The van der Waals surface area contributed by atoms with Gasteiger partial charge in [-0.15, -0.1) is 0 Å². The molecule has 4 unspecified atom stereocenters. The van der Waals surface area contributed by atoms with Gasteiger partial charge in [0.15, 0.2) is 0 Å². The van der Waals surface area contributed by atoms with E-state index in [2.05, 4.69) is 10.8 Å². The molecule has 1 aliphatic rings. The Hall–Kier alpha value is -3.38. The molecule has 0 saturated carbocycles. The second-order valence-electron chi connectivity index (χ2n) is 10.8. The zero-order valence-corrected chi connectivity index (χ0v) is 24.2. The summed E-state index contributed by atoms with van der Waals surface area (Å²) in [5.74, 6) is -1.49. The number of hydrogen-bond acceptors (Lipinski definition) is 5. The van der Waals surface area contributed by atoms with Gasteiger partial charge in [-0.2, -0.15) is 13.1 Å². The minimum atomic E-state index is -4.20. The number of carbonyl (C=O) groups excluding carboxylic acids is 2. The van der Waals surface area contributed by atoms with Crippen LogP contribution in [0.5, 0.6) is 0 Å². The van der Waals surface area contributed by atoms with Gasteiger partial charge in [0.25, 0.3) is 10.2 Å². The fourth-order valence-corrected chi connectivity index (χ4v) is 6.43. The van der Waals surface area contributed by atoms with Crippen molar-refractivity contribution in [2.45, 2.75) is 57.2 Å². The Morgan fingerprint density at radius 1 is 1.05 bits per heavy atom. The Balaban J connectivity index is 1.56. The summed E-state index contributed by atoms with van der Waals surface area (Å²) in [6.45, 7) is 5.06. The molecule has 41 heavy (non-hydrogen) atoms. The van der Waals surface area contributed by atoms with Crippen molar-refractivity contribution in [1.29, 1.82) is 0 Å². The lowest BCUT2D eigenvalue weighted by molar-refractivity contribution is -0.139. The van der Waals surface area contributed by atoms with E-state index < -0.39 is 39.9 Å². The molecule has 9 nitrogen and oxygen atoms in total. The number of halogens is 1. The summed E-state index contributed by atoms with van der Waals surface area (Å²) in [4.78, 5) is 30.3. The number of rotatable bonds is 11. The second kappa shape index (κ2) is 13.1. The fraction of sp³-hybridized carbons (Fsp3) is 0.400. The maximum atomic E-state index is 13.8. The molecule has 1 aliphatic heterocycles. The molecule has 0 spiro atoms. The zero-order valence-electron chi connectivity index (χ0n) is 23.4. The highest BCUT2D eigenvalue weighted by atomic mass is 32.2. The lowest BCUT2D eigenvalue weighted by atomic mass is 9.89. The van der Waals surface area contributed by atoms with Gasteiger partial charge in [0.05, 0.1) is 6.04 Å². The Kier molecular flexibility index (Phi) is 9.75. The molecule has 0 aromatic heterocycles. The normalized spacial score (nSPS) is 18.6. The van der Waals surface area contributed by atoms with Crippen LogP contribution in [0.3, 0.4) is 0 Å². The van der Waals surface area contributed by atoms with Crippen molar-refractivity contribution in [1.82, 2.24) is 14.5 Å². The predicted octanol–water partition coefficient (Wildman–Crippen LogP) is 2.65. The van der Waals surface area contributed by atoms with E-state index in [0.29, 0.717) is 25.1 Å². The maximum absolute atomic E-state index is 13.8. The number of nitrogens with zero attached hydrogens (tertiary/aromatic N) is 2. The van der Waals surface area contributed by atoms with Crippen LogP contribution < -0.4 is 15.6 Å². The summed E-state index contributed by atoms with van der Waals surface area (Å²) in [6, 6.07) is 17.7. The number of benzene rings is 3. The van der Waals surface area contributed by atoms with E-state index in [1.807, 2.05) is 55.1 Å². The molecular weight excluding hydrogens is 545 g/mol. The van der Waals surface area contributed by atoms with Crippen molar-refractivity contribution >= 4 is 32.8 Å². The van der Waals surface area contributed by atoms with Crippen molar-refractivity contribution < 1.29 is 22.4 Å². The topological polar surface area (TPSA) is 139 Å². The van der Waals surface area contributed by atoms with Crippen LogP contribution in [0.2, 0.25) is 0 Å². The summed E-state index contributed by atoms with van der Waals surface area (Å²) in [5, 5.41) is 7.45. The Morgan fingerprint density at radius 3 is 2.37 bits per heavy atom. The summed E-state index contributed by atoms with van der Waals surface area (Å²) in [5.41, 5.74) is 7.55. The SMILES string of the molecule is CCCC1CN(C(C(N)=O)C(C)c2ccc3ccccc3c2)CCN1C(=O)C(Cc1ccc(F)cc1)NS(N)(=O)=O. The molecule has 2 amide bonds. The van der Waals surface area contributed by atoms with Gasteiger partial charge >= 0.3 is 0 Å². The highest BCUT2D eigenvalue weighted by molar-refractivity contribution is 7.87. The van der Waals surface area contributed by atoms with Crippen LogP contribution in [0.15, 0.2) is 66.7 Å². The van der Waals surface area contributed by atoms with Crippen LogP contribution in [-0.4, -0.2) is 67.8 Å². The quantitative estimate of drug-likeness (QED) is 0.319. The number of carbonyl (C=O) groups is 2. The Morgan fingerprint density at radius 2 is 1.73 bits per heavy atom. The van der Waals surface area contributed by atoms with Crippen molar-refractivity contribution in [3.63, 3.8) is 0 Å². The van der Waals surface area contributed by atoms with E-state index >= 15 is 0 Å². The molecule has 5 N–H and O–H groups in total. The third-order valence-electron chi connectivity index (χ3n) is 7.83. The first-order valence-corrected chi connectivity index (χ1v) is 15.4. The molecule has 4 rings (SSSR count). The minimum Gasteiger partial charge on any atom is -0.368 e. The van der Waals surface area contributed by atoms with E-state index in [0.717, 1.165) is 22.8 Å². The van der Waals surface area contributed by atoms with Gasteiger partial charge in [-0.05, 0) is 46.9 Å². The molecule has 0 bridgehead atoms. The summed E-state index contributed by atoms with van der Waals surface area (Å²) >= 11 is 0. The first-order valence-electron chi connectivity index (χ1n) is 13.8. The molecule has 1 saturated heterocycles. The van der Waals surface area contributed by atoms with Gasteiger partial charge in [0.2, 0.25) is 11.8 Å². The Labute approximate surface area is 240 Å². The standard InChI is InChI=1S/C30H38FN5O4S/c1-3-6-26-19-35(28(29(32)37)20(2)23-12-11-22-7-4-5-8-24(22)18-23)15-16-36(26)30(38)27(34-41(33,39)40)17-21-9-13-25(31)14-10-21/h4-5,7-14,18,20,26-28,34H,3,6,15-17,19H2,1-2H3,(H2,32,37)(H2,33,39,40). The maximum Gasteiger partial charge on any atom is 0.275 e. The number of hydrogen-bond donors (Lipinski definition) is 3. The lowest BCUT2D eigenvalue weighted by Crippen LogP contribution is -2.63. The number of nitrogens with two attached hydrogens (primary N) is 2. The molecule has 1 fully saturated rings. The highest BCUT2D eigenvalue weighted by Crippen LogP contribution is 2.29. The highest BCUT2D eigenvalue weighted by Gasteiger charge is 2.39. The zero-order chi connectivity index (χ0) is 29.7. The number of amides is 2. The molecule has 3 aromatic rings. The van der Waals surface area contributed by atoms with Crippen LogP contribution in [0, 0.1) is 5.82 Å². The summed E-state index contributed by atoms with van der Waals surface area (Å²) < 4.78 is 39.6. The van der Waals surface area contributed by atoms with E-state index in [4.69, 9.17) is 10.9 Å². The van der Waals surface area contributed by atoms with Crippen LogP contribution in [-0.2, 0) is 26.2 Å². The van der Waals surface area contributed by atoms with E-state index in [1.54, 1.807) is 4.90 Å². The predicted molar refractivity (Wildman–Crippen MR) is 157 cm³/mol. The molecule has 4 atom stereocenters. The average molecular weight is 584 g/mol. The first kappa shape index (κ1) is 30.6. The third-order valence-corrected chi connectivity index (χ3v) is 8.45. The summed E-state index contributed by atoms with van der Waals surface area (Å²) in [7, 11) is -4.20. The van der Waals surface area contributed by atoms with Crippen LogP contribution in [0.1, 0.15) is 43.7 Å². The fourth-order valence-electron chi connectivity index (χ4n) is 5.85. The van der Waals surface area contributed by atoms with Gasteiger partial charge in [-0.3, -0.25) is 14.5 Å². The molecule has 0 radical (unpaired) electrons. The van der Waals surface area contributed by atoms with Gasteiger partial charge in [0.1, 0.15) is 11.9 Å². The number of fused-ring (bicyclic) bond motifs is 1. The number of piperazine rings is 1. The monoisotopic (exact) mass is 583 g/mol. The van der Waals surface area contributed by atoms with Crippen molar-refractivity contribution in [2.24, 2.45) is 10.9 Å². The molecule has 1 heterocycles. The van der Waals surface area contributed by atoms with Gasteiger partial charge in [-0.1, -0.05) is 74.9 Å². The summed E-state index contributed by atoms with van der Waals surface area (Å²) in [6.07, 6.45) is 1.43. The van der Waals surface area contributed by atoms with E-state index in [9.17, 15) is 22.4 Å². The number of primary amides is 1. The second-order valence-corrected chi connectivity index (χ2v) is 12.1. The third kappa shape index (κ3) is 7.68. The van der Waals surface area contributed by atoms with Crippen LogP contribution >= 0.6 is 0 Å². The molecule has 0 aliphatic carbocycles. The first-order chi connectivity index (χ1) is 19.5. The van der Waals surface area contributed by atoms with Gasteiger partial charge < -0.3 is 10.6 Å². The van der Waals surface area contributed by atoms with Crippen molar-refractivity contribution in [2.75, 3.05) is 19.6 Å². The van der Waals surface area contributed by atoms with Crippen molar-refractivity contribution in [3.05, 3.63) is 83.7 Å². The molecule has 11 heteroatoms. The molecule has 220 valence electrons. The molecular formula is C30H38FN5O4S. The smallest absolute Gasteiger partial charge is 0.275 e. The van der Waals surface area contributed by atoms with Crippen LogP contribution in [0.4, 0.5) is 4.39 Å². The molecule has 3 aromatic carbocycles. The lowest BCUT2D eigenvalue weighted by Gasteiger charge is -2.46. The average Bonchev–Trinajstić information content (AvgIpc) is 2.93. The van der Waals surface area contributed by atoms with Crippen LogP contribution in [0.25, 0.3) is 10.8 Å². The Bertz CT molecular complexity index is 1480. The largest absolute Gasteiger partial charge is 0.368 e. The van der Waals surface area contributed by atoms with E-state index in [-0.39, 0.29) is 24.9 Å². The van der Waals surface area contributed by atoms with Gasteiger partial charge in [0, 0.05) is 31.6 Å². The van der Waals surface area contributed by atoms with E-state index in [1.165, 1.54) is 24.3 Å². The minimum absolute atomic E-state index is 0.0114.